The van der Waals surface area contributed by atoms with Gasteiger partial charge in [0.05, 0.1) is 15.6 Å². The lowest BCUT2D eigenvalue weighted by atomic mass is 10.00. The highest BCUT2D eigenvalue weighted by Crippen LogP contribution is 2.37. The number of methoxy groups -OCH3 is 1. The fourth-order valence-electron chi connectivity index (χ4n) is 4.43. The molecule has 5 rings (SSSR count). The zero-order valence-corrected chi connectivity index (χ0v) is 26.1. The van der Waals surface area contributed by atoms with E-state index >= 15 is 0 Å². The van der Waals surface area contributed by atoms with Crippen molar-refractivity contribution in [3.63, 3.8) is 0 Å². The Morgan fingerprint density at radius 2 is 1.79 bits per heavy atom. The third-order valence-electron chi connectivity index (χ3n) is 6.50. The Morgan fingerprint density at radius 3 is 2.54 bits per heavy atom. The summed E-state index contributed by atoms with van der Waals surface area (Å²) in [6.45, 7) is 1.17. The smallest absolute Gasteiger partial charge is 0.294 e. The van der Waals surface area contributed by atoms with Crippen LogP contribution in [0.25, 0.3) is 6.08 Å². The lowest BCUT2D eigenvalue weighted by molar-refractivity contribution is -0.136. The number of halogens is 2. The highest BCUT2D eigenvalue weighted by Gasteiger charge is 2.37. The summed E-state index contributed by atoms with van der Waals surface area (Å²) in [5, 5.41) is -0.448. The lowest BCUT2D eigenvalue weighted by Crippen LogP contribution is -2.44. The summed E-state index contributed by atoms with van der Waals surface area (Å²) in [5.74, 6) is 0.428. The molecule has 7 nitrogen and oxygen atoms in total. The molecule has 2 aliphatic rings. The maximum absolute atomic E-state index is 13.1. The number of imide groups is 1. The maximum atomic E-state index is 13.1. The first-order chi connectivity index (χ1) is 18.8. The Labute approximate surface area is 258 Å². The fourth-order valence-corrected chi connectivity index (χ4v) is 6.41. The van der Waals surface area contributed by atoms with Gasteiger partial charge in [-0.1, -0.05) is 36.4 Å². The van der Waals surface area contributed by atoms with Crippen LogP contribution in [0.15, 0.2) is 65.6 Å². The fraction of sp³-hybridized carbons (Fsp3) is 0.207. The molecule has 0 unspecified atom stereocenters. The van der Waals surface area contributed by atoms with E-state index < -0.39 is 11.1 Å². The minimum atomic E-state index is -0.469. The van der Waals surface area contributed by atoms with Gasteiger partial charge in [-0.05, 0) is 116 Å². The van der Waals surface area contributed by atoms with E-state index in [1.807, 2.05) is 48.5 Å². The molecule has 39 heavy (non-hydrogen) atoms. The molecule has 0 aromatic heterocycles. The second kappa shape index (κ2) is 12.3. The average Bonchev–Trinajstić information content (AvgIpc) is 3.19. The van der Waals surface area contributed by atoms with Crippen LogP contribution in [-0.2, 0) is 29.2 Å². The SMILES string of the molecule is COc1cc(/C=C2\SC(=O)N(CC(=O)N3CCc4ccccc4C3)C2=O)cc(I)c1OCc1ccc(I)cc1. The molecule has 0 N–H and O–H groups in total. The summed E-state index contributed by atoms with van der Waals surface area (Å²) < 4.78 is 13.6. The Balaban J connectivity index is 1.27. The minimum Gasteiger partial charge on any atom is -0.493 e. The van der Waals surface area contributed by atoms with Gasteiger partial charge in [-0.3, -0.25) is 19.3 Å². The van der Waals surface area contributed by atoms with E-state index in [1.54, 1.807) is 24.2 Å². The van der Waals surface area contributed by atoms with Crippen LogP contribution in [0.2, 0.25) is 0 Å². The number of ether oxygens (including phenoxy) is 2. The van der Waals surface area contributed by atoms with E-state index in [1.165, 1.54) is 5.56 Å². The van der Waals surface area contributed by atoms with E-state index in [-0.39, 0.29) is 17.4 Å². The highest BCUT2D eigenvalue weighted by molar-refractivity contribution is 14.1. The quantitative estimate of drug-likeness (QED) is 0.214. The molecule has 1 saturated heterocycles. The van der Waals surface area contributed by atoms with Crippen molar-refractivity contribution in [2.75, 3.05) is 20.2 Å². The third kappa shape index (κ3) is 6.43. The van der Waals surface area contributed by atoms with Crippen LogP contribution in [0.3, 0.4) is 0 Å². The van der Waals surface area contributed by atoms with Crippen molar-refractivity contribution in [1.29, 1.82) is 0 Å². The van der Waals surface area contributed by atoms with Crippen LogP contribution in [0, 0.1) is 7.14 Å². The van der Waals surface area contributed by atoms with Gasteiger partial charge in [0.15, 0.2) is 11.5 Å². The molecule has 10 heteroatoms. The second-order valence-corrected chi connectivity index (χ2v) is 12.5. The van der Waals surface area contributed by atoms with Crippen molar-refractivity contribution in [2.24, 2.45) is 0 Å². The number of carbonyl (C=O) groups is 3. The summed E-state index contributed by atoms with van der Waals surface area (Å²) in [6, 6.07) is 19.7. The average molecular weight is 766 g/mol. The molecular formula is C29H24I2N2O5S. The largest absolute Gasteiger partial charge is 0.493 e. The normalized spacial score (nSPS) is 16.0. The van der Waals surface area contributed by atoms with Crippen molar-refractivity contribution >= 4 is 80.1 Å². The van der Waals surface area contributed by atoms with E-state index in [9.17, 15) is 14.4 Å². The van der Waals surface area contributed by atoms with Crippen molar-refractivity contribution in [1.82, 2.24) is 9.80 Å². The van der Waals surface area contributed by atoms with E-state index in [0.29, 0.717) is 36.8 Å². The van der Waals surface area contributed by atoms with Gasteiger partial charge in [-0.25, -0.2) is 0 Å². The zero-order chi connectivity index (χ0) is 27.5. The lowest BCUT2D eigenvalue weighted by Gasteiger charge is -2.29. The predicted octanol–water partition coefficient (Wildman–Crippen LogP) is 6.10. The first kappa shape index (κ1) is 28.0. The Kier molecular flexibility index (Phi) is 8.82. The van der Waals surface area contributed by atoms with E-state index in [4.69, 9.17) is 9.47 Å². The molecule has 2 aliphatic heterocycles. The standard InChI is InChI=1S/C29H24I2N2O5S/c1-37-24-13-19(12-23(31)27(24)38-17-18-6-8-22(30)9-7-18)14-25-28(35)33(29(36)39-25)16-26(34)32-11-10-20-4-2-3-5-21(20)15-32/h2-9,12-14H,10-11,15-17H2,1H3/b25-14-. The molecule has 0 saturated carbocycles. The van der Waals surface area contributed by atoms with Crippen LogP contribution in [0.4, 0.5) is 4.79 Å². The van der Waals surface area contributed by atoms with E-state index in [2.05, 4.69) is 51.2 Å². The number of fused-ring (bicyclic) bond motifs is 1. The summed E-state index contributed by atoms with van der Waals surface area (Å²) >= 11 is 5.27. The molecule has 0 bridgehead atoms. The second-order valence-electron chi connectivity index (χ2n) is 9.05. The highest BCUT2D eigenvalue weighted by atomic mass is 127. The summed E-state index contributed by atoms with van der Waals surface area (Å²) in [4.78, 5) is 41.8. The molecule has 0 spiro atoms. The molecule has 3 aromatic rings. The topological polar surface area (TPSA) is 76.2 Å². The van der Waals surface area contributed by atoms with Crippen LogP contribution in [-0.4, -0.2) is 47.1 Å². The number of thioether (sulfide) groups is 1. The Morgan fingerprint density at radius 1 is 1.05 bits per heavy atom. The van der Waals surface area contributed by atoms with E-state index in [0.717, 1.165) is 41.3 Å². The monoisotopic (exact) mass is 766 g/mol. The van der Waals surface area contributed by atoms with Crippen LogP contribution < -0.4 is 9.47 Å². The van der Waals surface area contributed by atoms with Gasteiger partial charge in [0.1, 0.15) is 13.2 Å². The molecule has 2 heterocycles. The van der Waals surface area contributed by atoms with Crippen molar-refractivity contribution in [2.45, 2.75) is 19.6 Å². The van der Waals surface area contributed by atoms with Gasteiger partial charge in [0, 0.05) is 16.7 Å². The number of amides is 3. The number of hydrogen-bond acceptors (Lipinski definition) is 6. The van der Waals surface area contributed by atoms with Crippen molar-refractivity contribution in [3.05, 3.63) is 95.0 Å². The molecule has 1 fully saturated rings. The number of nitrogens with zero attached hydrogens (tertiary/aromatic N) is 2. The van der Waals surface area contributed by atoms with Crippen molar-refractivity contribution in [3.8, 4) is 11.5 Å². The number of carbonyl (C=O) groups excluding carboxylic acids is 3. The Bertz CT molecular complexity index is 1470. The summed E-state index contributed by atoms with van der Waals surface area (Å²) in [7, 11) is 1.56. The van der Waals surface area contributed by atoms with Gasteiger partial charge in [0.25, 0.3) is 11.1 Å². The summed E-state index contributed by atoms with van der Waals surface area (Å²) in [5.41, 5.74) is 4.06. The molecule has 0 aliphatic carbocycles. The summed E-state index contributed by atoms with van der Waals surface area (Å²) in [6.07, 6.45) is 2.41. The number of benzene rings is 3. The molecule has 3 aromatic carbocycles. The number of rotatable bonds is 7. The third-order valence-corrected chi connectivity index (χ3v) is 8.92. The molecule has 3 amide bonds. The molecule has 0 radical (unpaired) electrons. The number of hydrogen-bond donors (Lipinski definition) is 0. The zero-order valence-electron chi connectivity index (χ0n) is 21.0. The van der Waals surface area contributed by atoms with Crippen LogP contribution >= 0.6 is 56.9 Å². The minimum absolute atomic E-state index is 0.237. The van der Waals surface area contributed by atoms with Gasteiger partial charge in [-0.15, -0.1) is 0 Å². The first-order valence-electron chi connectivity index (χ1n) is 12.2. The van der Waals surface area contributed by atoms with Crippen molar-refractivity contribution < 1.29 is 23.9 Å². The van der Waals surface area contributed by atoms with Crippen LogP contribution in [0.5, 0.6) is 11.5 Å². The maximum Gasteiger partial charge on any atom is 0.294 e. The molecule has 0 atom stereocenters. The molecule has 200 valence electrons. The Hall–Kier alpha value is -2.58. The predicted molar refractivity (Wildman–Crippen MR) is 167 cm³/mol. The van der Waals surface area contributed by atoms with Crippen LogP contribution in [0.1, 0.15) is 22.3 Å². The van der Waals surface area contributed by atoms with Gasteiger partial charge in [-0.2, -0.15) is 0 Å². The van der Waals surface area contributed by atoms with Gasteiger partial charge >= 0.3 is 0 Å². The van der Waals surface area contributed by atoms with Gasteiger partial charge in [0.2, 0.25) is 5.91 Å². The first-order valence-corrected chi connectivity index (χ1v) is 15.1. The van der Waals surface area contributed by atoms with Gasteiger partial charge < -0.3 is 14.4 Å². The molecular weight excluding hydrogens is 742 g/mol.